The number of aromatic nitrogens is 1. The van der Waals surface area contributed by atoms with Gasteiger partial charge >= 0.3 is 0 Å². The van der Waals surface area contributed by atoms with E-state index in [9.17, 15) is 5.11 Å². The maximum atomic E-state index is 10.9. The fourth-order valence-electron chi connectivity index (χ4n) is 3.52. The number of nitrogens with zero attached hydrogens (tertiary/aromatic N) is 2. The zero-order valence-electron chi connectivity index (χ0n) is 12.2. The Bertz CT molecular complexity index is 603. The van der Waals surface area contributed by atoms with Gasteiger partial charge < -0.3 is 10.0 Å². The number of rotatable bonds is 3. The minimum Gasteiger partial charge on any atom is -0.386 e. The highest BCUT2D eigenvalue weighted by Gasteiger charge is 2.43. The molecule has 3 rings (SSSR count). The van der Waals surface area contributed by atoms with Crippen LogP contribution in [0.3, 0.4) is 0 Å². The van der Waals surface area contributed by atoms with E-state index in [2.05, 4.69) is 36.1 Å². The van der Waals surface area contributed by atoms with Gasteiger partial charge in [0.05, 0.1) is 17.2 Å². The normalized spacial score (nSPS) is 19.6. The first-order valence-electron chi connectivity index (χ1n) is 7.34. The molecule has 1 saturated carbocycles. The number of benzene rings is 1. The van der Waals surface area contributed by atoms with Crippen LogP contribution in [0.2, 0.25) is 0 Å². The van der Waals surface area contributed by atoms with Crippen LogP contribution in [0.5, 0.6) is 0 Å². The summed E-state index contributed by atoms with van der Waals surface area (Å²) in [6.07, 6.45) is 5.85. The Balaban J connectivity index is 2.00. The highest BCUT2D eigenvalue weighted by atomic mass is 16.3. The fraction of sp³-hybridized carbons (Fsp3) is 0.471. The van der Waals surface area contributed by atoms with Crippen LogP contribution in [0.15, 0.2) is 36.5 Å². The van der Waals surface area contributed by atoms with Gasteiger partial charge in [-0.3, -0.25) is 4.98 Å². The molecule has 0 amide bonds. The Kier molecular flexibility index (Phi) is 3.48. The smallest absolute Gasteiger partial charge is 0.0974 e. The second-order valence-electron chi connectivity index (χ2n) is 6.06. The second kappa shape index (κ2) is 5.15. The summed E-state index contributed by atoms with van der Waals surface area (Å²) in [4.78, 5) is 6.60. The molecule has 1 aromatic carbocycles. The molecule has 0 bridgehead atoms. The van der Waals surface area contributed by atoms with Gasteiger partial charge in [-0.1, -0.05) is 31.0 Å². The largest absolute Gasteiger partial charge is 0.386 e. The van der Waals surface area contributed by atoms with Gasteiger partial charge in [0.1, 0.15) is 0 Å². The highest BCUT2D eigenvalue weighted by molar-refractivity contribution is 5.79. The van der Waals surface area contributed by atoms with Crippen molar-refractivity contribution >= 4 is 10.9 Å². The molecule has 0 saturated heterocycles. The topological polar surface area (TPSA) is 36.4 Å². The van der Waals surface area contributed by atoms with Gasteiger partial charge in [0, 0.05) is 11.6 Å². The van der Waals surface area contributed by atoms with E-state index in [1.165, 1.54) is 12.8 Å². The van der Waals surface area contributed by atoms with Crippen molar-refractivity contribution in [1.29, 1.82) is 0 Å². The third-order valence-electron chi connectivity index (χ3n) is 4.81. The Labute approximate surface area is 120 Å². The lowest BCUT2D eigenvalue weighted by Gasteiger charge is -2.40. The fourth-order valence-corrected chi connectivity index (χ4v) is 3.52. The molecule has 3 nitrogen and oxygen atoms in total. The summed E-state index contributed by atoms with van der Waals surface area (Å²) >= 11 is 0. The van der Waals surface area contributed by atoms with Gasteiger partial charge in [0.2, 0.25) is 0 Å². The zero-order chi connectivity index (χ0) is 14.2. The second-order valence-corrected chi connectivity index (χ2v) is 6.06. The summed E-state index contributed by atoms with van der Waals surface area (Å²) in [5.74, 6) is 0. The average Bonchev–Trinajstić information content (AvgIpc) is 2.97. The van der Waals surface area contributed by atoms with Gasteiger partial charge in [-0.05, 0) is 44.6 Å². The van der Waals surface area contributed by atoms with Crippen molar-refractivity contribution in [2.75, 3.05) is 14.1 Å². The molecule has 1 aliphatic rings. The number of hydrogen-bond acceptors (Lipinski definition) is 3. The molecule has 0 radical (unpaired) electrons. The Morgan fingerprint density at radius 1 is 1.20 bits per heavy atom. The van der Waals surface area contributed by atoms with Crippen molar-refractivity contribution in [3.8, 4) is 0 Å². The van der Waals surface area contributed by atoms with Crippen molar-refractivity contribution in [1.82, 2.24) is 9.88 Å². The van der Waals surface area contributed by atoms with E-state index in [0.29, 0.717) is 0 Å². The van der Waals surface area contributed by atoms with Gasteiger partial charge in [-0.2, -0.15) is 0 Å². The Morgan fingerprint density at radius 3 is 2.65 bits per heavy atom. The van der Waals surface area contributed by atoms with Crippen molar-refractivity contribution < 1.29 is 5.11 Å². The monoisotopic (exact) mass is 270 g/mol. The summed E-state index contributed by atoms with van der Waals surface area (Å²) in [7, 11) is 4.15. The molecule has 1 aromatic heterocycles. The van der Waals surface area contributed by atoms with Gasteiger partial charge in [-0.15, -0.1) is 0 Å². The van der Waals surface area contributed by atoms with Crippen LogP contribution >= 0.6 is 0 Å². The molecule has 20 heavy (non-hydrogen) atoms. The van der Waals surface area contributed by atoms with Crippen LogP contribution in [0.1, 0.15) is 37.4 Å². The molecule has 2 aromatic rings. The number of likely N-dealkylation sites (N-methyl/N-ethyl adjacent to an activating group) is 1. The minimum absolute atomic E-state index is 0.123. The summed E-state index contributed by atoms with van der Waals surface area (Å²) in [6.45, 7) is 0. The van der Waals surface area contributed by atoms with E-state index >= 15 is 0 Å². The molecule has 0 spiro atoms. The third kappa shape index (κ3) is 2.11. The maximum absolute atomic E-state index is 10.9. The van der Waals surface area contributed by atoms with E-state index in [0.717, 1.165) is 29.3 Å². The zero-order valence-corrected chi connectivity index (χ0v) is 12.2. The molecule has 1 fully saturated rings. The molecule has 1 N–H and O–H groups in total. The maximum Gasteiger partial charge on any atom is 0.0974 e. The standard InChI is InChI=1S/C17H22N2O/c1-19(2)17(9-3-4-10-17)16(20)14-8-7-13-6-5-11-18-15(13)12-14/h5-8,11-12,16,20H,3-4,9-10H2,1-2H3. The van der Waals surface area contributed by atoms with Crippen LogP contribution in [0.4, 0.5) is 0 Å². The quantitative estimate of drug-likeness (QED) is 0.931. The molecule has 1 atom stereocenters. The predicted octanol–water partition coefficient (Wildman–Crippen LogP) is 3.14. The van der Waals surface area contributed by atoms with Crippen molar-refractivity contribution in [3.63, 3.8) is 0 Å². The summed E-state index contributed by atoms with van der Waals surface area (Å²) < 4.78 is 0. The Morgan fingerprint density at radius 2 is 1.95 bits per heavy atom. The van der Waals surface area contributed by atoms with E-state index in [4.69, 9.17) is 0 Å². The van der Waals surface area contributed by atoms with E-state index < -0.39 is 6.10 Å². The number of fused-ring (bicyclic) bond motifs is 1. The average molecular weight is 270 g/mol. The van der Waals surface area contributed by atoms with E-state index in [1.807, 2.05) is 18.2 Å². The molecular weight excluding hydrogens is 248 g/mol. The van der Waals surface area contributed by atoms with Gasteiger partial charge in [0.15, 0.2) is 0 Å². The molecule has 1 heterocycles. The molecular formula is C17H22N2O. The first-order valence-corrected chi connectivity index (χ1v) is 7.34. The summed E-state index contributed by atoms with van der Waals surface area (Å²) in [5.41, 5.74) is 1.81. The van der Waals surface area contributed by atoms with Crippen molar-refractivity contribution in [2.24, 2.45) is 0 Å². The third-order valence-corrected chi connectivity index (χ3v) is 4.81. The molecule has 1 unspecified atom stereocenters. The Hall–Kier alpha value is -1.45. The van der Waals surface area contributed by atoms with Gasteiger partial charge in [0.25, 0.3) is 0 Å². The lowest BCUT2D eigenvalue weighted by atomic mass is 9.84. The number of hydrogen-bond donors (Lipinski definition) is 1. The van der Waals surface area contributed by atoms with E-state index in [-0.39, 0.29) is 5.54 Å². The summed E-state index contributed by atoms with van der Waals surface area (Å²) in [5, 5.41) is 12.1. The summed E-state index contributed by atoms with van der Waals surface area (Å²) in [6, 6.07) is 10.1. The molecule has 106 valence electrons. The number of aliphatic hydroxyl groups excluding tert-OH is 1. The number of aliphatic hydroxyl groups is 1. The lowest BCUT2D eigenvalue weighted by Crippen LogP contribution is -2.47. The van der Waals surface area contributed by atoms with Crippen LogP contribution in [0.25, 0.3) is 10.9 Å². The predicted molar refractivity (Wildman–Crippen MR) is 81.6 cm³/mol. The lowest BCUT2D eigenvalue weighted by molar-refractivity contribution is -0.00467. The van der Waals surface area contributed by atoms with Crippen LogP contribution in [-0.4, -0.2) is 34.6 Å². The minimum atomic E-state index is -0.452. The van der Waals surface area contributed by atoms with Crippen LogP contribution < -0.4 is 0 Å². The van der Waals surface area contributed by atoms with Crippen LogP contribution in [0, 0.1) is 0 Å². The number of pyridine rings is 1. The first kappa shape index (κ1) is 13.5. The molecule has 1 aliphatic carbocycles. The van der Waals surface area contributed by atoms with Crippen LogP contribution in [-0.2, 0) is 0 Å². The molecule has 0 aliphatic heterocycles. The first-order chi connectivity index (χ1) is 9.63. The van der Waals surface area contributed by atoms with Gasteiger partial charge in [-0.25, -0.2) is 0 Å². The van der Waals surface area contributed by atoms with E-state index in [1.54, 1.807) is 6.20 Å². The SMILES string of the molecule is CN(C)C1(C(O)c2ccc3cccnc3c2)CCCC1. The van der Waals surface area contributed by atoms with Crippen molar-refractivity contribution in [2.45, 2.75) is 37.3 Å². The van der Waals surface area contributed by atoms with Crippen molar-refractivity contribution in [3.05, 3.63) is 42.1 Å². The highest BCUT2D eigenvalue weighted by Crippen LogP contribution is 2.43. The molecule has 3 heteroatoms.